The minimum atomic E-state index is -0.222. The van der Waals surface area contributed by atoms with Gasteiger partial charge in [0.15, 0.2) is 0 Å². The third kappa shape index (κ3) is 3.50. The van der Waals surface area contributed by atoms with Gasteiger partial charge in [-0.1, -0.05) is 36.4 Å². The predicted molar refractivity (Wildman–Crippen MR) is 119 cm³/mol. The van der Waals surface area contributed by atoms with Gasteiger partial charge in [-0.25, -0.2) is 4.98 Å². The van der Waals surface area contributed by atoms with Gasteiger partial charge in [-0.15, -0.1) is 0 Å². The zero-order chi connectivity index (χ0) is 21.4. The van der Waals surface area contributed by atoms with Crippen LogP contribution in [-0.4, -0.2) is 45.7 Å². The topological polar surface area (TPSA) is 66.7 Å². The number of fused-ring (bicyclic) bond motifs is 1. The molecule has 2 aliphatic rings. The summed E-state index contributed by atoms with van der Waals surface area (Å²) in [5.41, 5.74) is 4.23. The number of piperidine rings is 2. The van der Waals surface area contributed by atoms with Crippen LogP contribution >= 0.6 is 0 Å². The molecule has 1 N–H and O–H groups in total. The highest BCUT2D eigenvalue weighted by Crippen LogP contribution is 2.42. The molecular formula is C25H28N4O2. The number of likely N-dealkylation sites (tertiary alicyclic amines) is 1. The monoisotopic (exact) mass is 416 g/mol. The Bertz CT molecular complexity index is 1110. The summed E-state index contributed by atoms with van der Waals surface area (Å²) in [4.78, 5) is 31.9. The van der Waals surface area contributed by atoms with E-state index in [2.05, 4.69) is 53.2 Å². The first-order valence-corrected chi connectivity index (χ1v) is 11.1. The third-order valence-electron chi connectivity index (χ3n) is 7.02. The highest BCUT2D eigenvalue weighted by atomic mass is 16.2. The number of hydrogen-bond donors (Lipinski definition) is 1. The van der Waals surface area contributed by atoms with Crippen LogP contribution in [0, 0.1) is 12.8 Å². The van der Waals surface area contributed by atoms with Crippen molar-refractivity contribution < 1.29 is 9.59 Å². The van der Waals surface area contributed by atoms with Crippen LogP contribution in [0.4, 0.5) is 0 Å². The van der Waals surface area contributed by atoms with E-state index in [1.807, 2.05) is 23.2 Å². The standard InChI is InChI=1S/C25H28N4O2/c1-18-6-5-13-29-17-21(27-23(18)29)25(20-7-3-2-4-8-20)10-14-28(15-11-25)24(31)19-9-12-26-22(30)16-19/h2-8,13,17,19H,9-12,14-16H2,1H3,(H,26,30). The number of nitrogens with zero attached hydrogens (tertiary/aromatic N) is 3. The maximum Gasteiger partial charge on any atom is 0.226 e. The maximum atomic E-state index is 13.1. The highest BCUT2D eigenvalue weighted by Gasteiger charge is 2.42. The molecule has 2 fully saturated rings. The van der Waals surface area contributed by atoms with E-state index in [1.54, 1.807) is 0 Å². The van der Waals surface area contributed by atoms with Crippen molar-refractivity contribution in [2.75, 3.05) is 19.6 Å². The molecule has 0 bridgehead atoms. The van der Waals surface area contributed by atoms with Crippen molar-refractivity contribution >= 4 is 17.5 Å². The van der Waals surface area contributed by atoms with E-state index in [1.165, 1.54) is 5.56 Å². The molecule has 2 amide bonds. The minimum absolute atomic E-state index is 0.0136. The van der Waals surface area contributed by atoms with Crippen molar-refractivity contribution in [3.63, 3.8) is 0 Å². The molecule has 6 heteroatoms. The summed E-state index contributed by atoms with van der Waals surface area (Å²) in [6.45, 7) is 4.04. The van der Waals surface area contributed by atoms with Gasteiger partial charge in [0.1, 0.15) is 5.65 Å². The Labute approximate surface area is 182 Å². The molecule has 2 aromatic heterocycles. The van der Waals surface area contributed by atoms with Gasteiger partial charge in [-0.3, -0.25) is 9.59 Å². The molecule has 5 rings (SSSR count). The van der Waals surface area contributed by atoms with E-state index in [0.717, 1.165) is 36.2 Å². The molecule has 31 heavy (non-hydrogen) atoms. The van der Waals surface area contributed by atoms with Gasteiger partial charge in [0.2, 0.25) is 11.8 Å². The highest BCUT2D eigenvalue weighted by molar-refractivity contribution is 5.87. The SMILES string of the molecule is Cc1cccn2cc(C3(c4ccccc4)CCN(C(=O)C4CCNC(=O)C4)CC3)nc12. The number of nitrogens with one attached hydrogen (secondary N) is 1. The molecular weight excluding hydrogens is 388 g/mol. The van der Waals surface area contributed by atoms with Gasteiger partial charge in [-0.2, -0.15) is 0 Å². The Kier molecular flexibility index (Phi) is 5.00. The molecule has 3 aromatic rings. The molecule has 2 aliphatic heterocycles. The van der Waals surface area contributed by atoms with Crippen molar-refractivity contribution in [2.45, 2.75) is 38.0 Å². The average molecular weight is 417 g/mol. The van der Waals surface area contributed by atoms with Gasteiger partial charge >= 0.3 is 0 Å². The summed E-state index contributed by atoms with van der Waals surface area (Å²) in [5, 5.41) is 2.82. The van der Waals surface area contributed by atoms with Gasteiger partial charge in [0, 0.05) is 49.8 Å². The van der Waals surface area contributed by atoms with Crippen molar-refractivity contribution in [1.82, 2.24) is 19.6 Å². The Morgan fingerprint density at radius 3 is 2.61 bits per heavy atom. The van der Waals surface area contributed by atoms with Gasteiger partial charge in [-0.05, 0) is 43.4 Å². The summed E-state index contributed by atoms with van der Waals surface area (Å²) in [6, 6.07) is 14.7. The van der Waals surface area contributed by atoms with Gasteiger partial charge in [0.05, 0.1) is 5.69 Å². The summed E-state index contributed by atoms with van der Waals surface area (Å²) < 4.78 is 2.10. The molecule has 160 valence electrons. The largest absolute Gasteiger partial charge is 0.356 e. The lowest BCUT2D eigenvalue weighted by Crippen LogP contribution is -2.49. The van der Waals surface area contributed by atoms with Crippen molar-refractivity contribution in [2.24, 2.45) is 5.92 Å². The first-order valence-electron chi connectivity index (χ1n) is 11.1. The molecule has 0 saturated carbocycles. The van der Waals surface area contributed by atoms with E-state index < -0.39 is 0 Å². The summed E-state index contributed by atoms with van der Waals surface area (Å²) in [5.74, 6) is -0.0708. The first-order chi connectivity index (χ1) is 15.1. The lowest BCUT2D eigenvalue weighted by Gasteiger charge is -2.42. The number of rotatable bonds is 3. The number of aryl methyl sites for hydroxylation is 1. The number of amides is 2. The minimum Gasteiger partial charge on any atom is -0.356 e. The molecule has 0 spiro atoms. The first kappa shape index (κ1) is 19.8. The number of aromatic nitrogens is 2. The molecule has 1 atom stereocenters. The Morgan fingerprint density at radius 2 is 1.90 bits per heavy atom. The summed E-state index contributed by atoms with van der Waals surface area (Å²) >= 11 is 0. The van der Waals surface area contributed by atoms with Crippen LogP contribution in [-0.2, 0) is 15.0 Å². The molecule has 6 nitrogen and oxygen atoms in total. The van der Waals surface area contributed by atoms with E-state index in [0.29, 0.717) is 26.1 Å². The second kappa shape index (κ2) is 7.84. The van der Waals surface area contributed by atoms with Crippen LogP contribution in [0.5, 0.6) is 0 Å². The van der Waals surface area contributed by atoms with Gasteiger partial charge in [0.25, 0.3) is 0 Å². The van der Waals surface area contributed by atoms with Crippen LogP contribution < -0.4 is 5.32 Å². The van der Waals surface area contributed by atoms with Gasteiger partial charge < -0.3 is 14.6 Å². The second-order valence-electron chi connectivity index (χ2n) is 8.86. The van der Waals surface area contributed by atoms with Crippen LogP contribution in [0.2, 0.25) is 0 Å². The fraction of sp³-hybridized carbons (Fsp3) is 0.400. The molecule has 2 saturated heterocycles. The molecule has 1 unspecified atom stereocenters. The van der Waals surface area contributed by atoms with E-state index >= 15 is 0 Å². The van der Waals surface area contributed by atoms with Crippen LogP contribution in [0.15, 0.2) is 54.9 Å². The lowest BCUT2D eigenvalue weighted by molar-refractivity contribution is -0.141. The fourth-order valence-electron chi connectivity index (χ4n) is 5.20. The van der Waals surface area contributed by atoms with Crippen LogP contribution in [0.25, 0.3) is 5.65 Å². The smallest absolute Gasteiger partial charge is 0.226 e. The average Bonchev–Trinajstić information content (AvgIpc) is 3.26. The Morgan fingerprint density at radius 1 is 1.13 bits per heavy atom. The number of pyridine rings is 1. The van der Waals surface area contributed by atoms with Crippen molar-refractivity contribution in [1.29, 1.82) is 0 Å². The lowest BCUT2D eigenvalue weighted by atomic mass is 9.70. The van der Waals surface area contributed by atoms with Crippen molar-refractivity contribution in [3.05, 3.63) is 71.7 Å². The molecule has 4 heterocycles. The maximum absolute atomic E-state index is 13.1. The fourth-order valence-corrected chi connectivity index (χ4v) is 5.20. The number of imidazole rings is 1. The quantitative estimate of drug-likeness (QED) is 0.714. The molecule has 0 aliphatic carbocycles. The number of hydrogen-bond acceptors (Lipinski definition) is 3. The van der Waals surface area contributed by atoms with Crippen LogP contribution in [0.1, 0.15) is 42.5 Å². The normalized spacial score (nSPS) is 21.1. The van der Waals surface area contributed by atoms with E-state index in [-0.39, 0.29) is 23.1 Å². The zero-order valence-corrected chi connectivity index (χ0v) is 17.9. The van der Waals surface area contributed by atoms with Crippen molar-refractivity contribution in [3.8, 4) is 0 Å². The Balaban J connectivity index is 1.45. The summed E-state index contributed by atoms with van der Waals surface area (Å²) in [6.07, 6.45) is 6.89. The molecule has 1 aromatic carbocycles. The van der Waals surface area contributed by atoms with Crippen LogP contribution in [0.3, 0.4) is 0 Å². The number of carbonyl (C=O) groups is 2. The van der Waals surface area contributed by atoms with E-state index in [4.69, 9.17) is 4.98 Å². The zero-order valence-electron chi connectivity index (χ0n) is 17.9. The number of benzene rings is 1. The number of carbonyl (C=O) groups excluding carboxylic acids is 2. The second-order valence-corrected chi connectivity index (χ2v) is 8.86. The van der Waals surface area contributed by atoms with E-state index in [9.17, 15) is 9.59 Å². The Hall–Kier alpha value is -3.15. The summed E-state index contributed by atoms with van der Waals surface area (Å²) in [7, 11) is 0. The third-order valence-corrected chi connectivity index (χ3v) is 7.02. The predicted octanol–water partition coefficient (Wildman–Crippen LogP) is 3.08. The molecule has 0 radical (unpaired) electrons.